The van der Waals surface area contributed by atoms with Crippen molar-refractivity contribution in [3.05, 3.63) is 71.6 Å². The van der Waals surface area contributed by atoms with Gasteiger partial charge in [-0.25, -0.2) is 8.78 Å². The van der Waals surface area contributed by atoms with Crippen molar-refractivity contribution in [3.8, 4) is 5.69 Å². The summed E-state index contributed by atoms with van der Waals surface area (Å²) in [6.45, 7) is 4.90. The molecule has 4 rings (SSSR count). The third-order valence-corrected chi connectivity index (χ3v) is 6.32. The van der Waals surface area contributed by atoms with E-state index in [4.69, 9.17) is 0 Å². The minimum atomic E-state index is -0.270. The van der Waals surface area contributed by atoms with Gasteiger partial charge in [-0.1, -0.05) is 30.3 Å². The maximum Gasteiger partial charge on any atom is 0.196 e. The van der Waals surface area contributed by atoms with Crippen LogP contribution in [0.2, 0.25) is 0 Å². The average Bonchev–Trinajstić information content (AvgIpc) is 3.12. The van der Waals surface area contributed by atoms with Gasteiger partial charge in [-0.05, 0) is 74.8 Å². The Hall–Kier alpha value is -2.25. The van der Waals surface area contributed by atoms with Gasteiger partial charge >= 0.3 is 0 Å². The number of aromatic nitrogens is 3. The number of likely N-dealkylation sites (tertiary alicyclic amines) is 1. The monoisotopic (exact) mass is 414 g/mol. The Balaban J connectivity index is 1.63. The van der Waals surface area contributed by atoms with E-state index in [0.717, 1.165) is 41.9 Å². The lowest BCUT2D eigenvalue weighted by molar-refractivity contribution is 0.214. The molecular weight excluding hydrogens is 390 g/mol. The van der Waals surface area contributed by atoms with Crippen molar-refractivity contribution in [2.24, 2.45) is 0 Å². The van der Waals surface area contributed by atoms with Crippen LogP contribution in [0.4, 0.5) is 8.78 Å². The highest BCUT2D eigenvalue weighted by Gasteiger charge is 2.21. The molecule has 1 fully saturated rings. The number of piperidine rings is 1. The van der Waals surface area contributed by atoms with E-state index in [9.17, 15) is 8.78 Å². The molecule has 3 aromatic rings. The molecule has 2 aromatic carbocycles. The largest absolute Gasteiger partial charge is 0.296 e. The maximum absolute atomic E-state index is 13.5. The first kappa shape index (κ1) is 20.0. The highest BCUT2D eigenvalue weighted by Crippen LogP contribution is 2.35. The van der Waals surface area contributed by atoms with Gasteiger partial charge in [0.15, 0.2) is 11.0 Å². The van der Waals surface area contributed by atoms with Gasteiger partial charge in [0.05, 0.1) is 6.54 Å². The Morgan fingerprint density at radius 3 is 2.17 bits per heavy atom. The number of hydrogen-bond acceptors (Lipinski definition) is 4. The summed E-state index contributed by atoms with van der Waals surface area (Å²) in [5.74, 6) is 0.338. The smallest absolute Gasteiger partial charge is 0.196 e. The number of nitrogens with zero attached hydrogens (tertiary/aromatic N) is 4. The molecule has 0 aliphatic carbocycles. The Morgan fingerprint density at radius 2 is 1.52 bits per heavy atom. The van der Waals surface area contributed by atoms with E-state index in [0.29, 0.717) is 0 Å². The number of benzene rings is 2. The standard InChI is InChI=1S/C22H24F2N4S/c1-16(17-5-7-18(23)8-6-17)29-22-26-25-21(15-27-13-3-2-4-14-27)28(22)20-11-9-19(24)10-12-20/h5-12,16H,2-4,13-15H2,1H3. The Morgan fingerprint density at radius 1 is 0.897 bits per heavy atom. The lowest BCUT2D eigenvalue weighted by Crippen LogP contribution is -2.30. The number of thioether (sulfide) groups is 1. The molecule has 0 radical (unpaired) electrons. The zero-order valence-electron chi connectivity index (χ0n) is 16.4. The molecule has 7 heteroatoms. The number of hydrogen-bond donors (Lipinski definition) is 0. The van der Waals surface area contributed by atoms with Crippen LogP contribution in [0.1, 0.15) is 42.8 Å². The third-order valence-electron chi connectivity index (χ3n) is 5.22. The number of rotatable bonds is 6. The van der Waals surface area contributed by atoms with E-state index in [1.807, 2.05) is 4.57 Å². The second kappa shape index (κ2) is 9.05. The van der Waals surface area contributed by atoms with E-state index in [-0.39, 0.29) is 16.9 Å². The quantitative estimate of drug-likeness (QED) is 0.507. The van der Waals surface area contributed by atoms with Gasteiger partial charge < -0.3 is 0 Å². The van der Waals surface area contributed by atoms with Crippen LogP contribution in [0, 0.1) is 11.6 Å². The van der Waals surface area contributed by atoms with Crippen LogP contribution < -0.4 is 0 Å². The van der Waals surface area contributed by atoms with E-state index in [1.165, 1.54) is 43.5 Å². The van der Waals surface area contributed by atoms with Crippen LogP contribution in [-0.4, -0.2) is 32.8 Å². The topological polar surface area (TPSA) is 34.0 Å². The summed E-state index contributed by atoms with van der Waals surface area (Å²) in [5, 5.41) is 9.73. The summed E-state index contributed by atoms with van der Waals surface area (Å²) in [7, 11) is 0. The second-order valence-corrected chi connectivity index (χ2v) is 8.67. The van der Waals surface area contributed by atoms with Crippen molar-refractivity contribution in [3.63, 3.8) is 0 Å². The minimum absolute atomic E-state index is 0.0711. The van der Waals surface area contributed by atoms with Crippen molar-refractivity contribution in [1.82, 2.24) is 19.7 Å². The molecule has 152 valence electrons. The van der Waals surface area contributed by atoms with Crippen LogP contribution in [0.3, 0.4) is 0 Å². The molecule has 0 saturated carbocycles. The predicted octanol–water partition coefficient (Wildman–Crippen LogP) is 5.38. The van der Waals surface area contributed by atoms with Crippen LogP contribution in [0.25, 0.3) is 5.69 Å². The Bertz CT molecular complexity index is 934. The first-order valence-electron chi connectivity index (χ1n) is 9.95. The highest BCUT2D eigenvalue weighted by atomic mass is 32.2. The lowest BCUT2D eigenvalue weighted by Gasteiger charge is -2.26. The van der Waals surface area contributed by atoms with E-state index >= 15 is 0 Å². The van der Waals surface area contributed by atoms with Crippen molar-refractivity contribution >= 4 is 11.8 Å². The molecule has 1 atom stereocenters. The fourth-order valence-corrected chi connectivity index (χ4v) is 4.62. The molecule has 1 aliphatic rings. The Labute approximate surface area is 174 Å². The van der Waals surface area contributed by atoms with Gasteiger partial charge in [0.1, 0.15) is 11.6 Å². The van der Waals surface area contributed by atoms with Gasteiger partial charge in [0.2, 0.25) is 0 Å². The predicted molar refractivity (Wildman–Crippen MR) is 111 cm³/mol. The first-order chi connectivity index (χ1) is 14.1. The highest BCUT2D eigenvalue weighted by molar-refractivity contribution is 7.99. The molecule has 0 bridgehead atoms. The van der Waals surface area contributed by atoms with Gasteiger partial charge in [0, 0.05) is 10.9 Å². The van der Waals surface area contributed by atoms with Crippen LogP contribution in [0.5, 0.6) is 0 Å². The van der Waals surface area contributed by atoms with Crippen molar-refractivity contribution < 1.29 is 8.78 Å². The molecule has 1 saturated heterocycles. The summed E-state index contributed by atoms with van der Waals surface area (Å²) >= 11 is 1.57. The molecular formula is C22H24F2N4S. The van der Waals surface area contributed by atoms with Crippen LogP contribution >= 0.6 is 11.8 Å². The first-order valence-corrected chi connectivity index (χ1v) is 10.8. The van der Waals surface area contributed by atoms with E-state index in [1.54, 1.807) is 36.0 Å². The molecule has 0 amide bonds. The summed E-state index contributed by atoms with van der Waals surface area (Å²) in [6, 6.07) is 12.9. The average molecular weight is 415 g/mol. The molecule has 4 nitrogen and oxygen atoms in total. The molecule has 0 N–H and O–H groups in total. The Kier molecular flexibility index (Phi) is 6.25. The van der Waals surface area contributed by atoms with Crippen molar-refractivity contribution in [2.45, 2.75) is 43.1 Å². The molecule has 1 unspecified atom stereocenters. The second-order valence-electron chi connectivity index (χ2n) is 7.36. The van der Waals surface area contributed by atoms with Crippen molar-refractivity contribution in [2.75, 3.05) is 13.1 Å². The molecule has 1 aromatic heterocycles. The van der Waals surface area contributed by atoms with Crippen LogP contribution in [0.15, 0.2) is 53.7 Å². The summed E-state index contributed by atoms with van der Waals surface area (Å²) < 4.78 is 28.7. The number of halogens is 2. The normalized spacial score (nSPS) is 16.1. The van der Waals surface area contributed by atoms with Gasteiger partial charge in [-0.2, -0.15) is 0 Å². The van der Waals surface area contributed by atoms with Crippen molar-refractivity contribution in [1.29, 1.82) is 0 Å². The fraction of sp³-hybridized carbons (Fsp3) is 0.364. The SMILES string of the molecule is CC(Sc1nnc(CN2CCCCC2)n1-c1ccc(F)cc1)c1ccc(F)cc1. The minimum Gasteiger partial charge on any atom is -0.296 e. The molecule has 29 heavy (non-hydrogen) atoms. The van der Waals surface area contributed by atoms with E-state index < -0.39 is 0 Å². The zero-order chi connectivity index (χ0) is 20.2. The van der Waals surface area contributed by atoms with E-state index in [2.05, 4.69) is 22.0 Å². The van der Waals surface area contributed by atoms with Crippen LogP contribution in [-0.2, 0) is 6.54 Å². The summed E-state index contributed by atoms with van der Waals surface area (Å²) in [4.78, 5) is 2.39. The molecule has 2 heterocycles. The van der Waals surface area contributed by atoms with Gasteiger partial charge in [0.25, 0.3) is 0 Å². The lowest BCUT2D eigenvalue weighted by atomic mass is 10.1. The summed E-state index contributed by atoms with van der Waals surface area (Å²) in [5.41, 5.74) is 1.86. The maximum atomic E-state index is 13.5. The van der Waals surface area contributed by atoms with Gasteiger partial charge in [-0.3, -0.25) is 9.47 Å². The summed E-state index contributed by atoms with van der Waals surface area (Å²) in [6.07, 6.45) is 3.68. The zero-order valence-corrected chi connectivity index (χ0v) is 17.2. The van der Waals surface area contributed by atoms with Gasteiger partial charge in [-0.15, -0.1) is 10.2 Å². The third kappa shape index (κ3) is 4.85. The molecule has 1 aliphatic heterocycles. The fourth-order valence-electron chi connectivity index (χ4n) is 3.61. The molecule has 0 spiro atoms.